The second-order valence-electron chi connectivity index (χ2n) is 3.38. The van der Waals surface area contributed by atoms with Crippen LogP contribution in [0.2, 0.25) is 0 Å². The molecule has 0 aliphatic heterocycles. The van der Waals surface area contributed by atoms with E-state index in [2.05, 4.69) is 31.9 Å². The van der Waals surface area contributed by atoms with Crippen LogP contribution in [0.15, 0.2) is 25.3 Å². The molecule has 0 amide bonds. The Morgan fingerprint density at radius 3 is 2.18 bits per heavy atom. The lowest BCUT2D eigenvalue weighted by atomic mass is 9.81. The molecule has 0 saturated heterocycles. The van der Waals surface area contributed by atoms with Crippen molar-refractivity contribution in [1.82, 2.24) is 0 Å². The Bertz CT molecular complexity index is 152. The van der Waals surface area contributed by atoms with Crippen molar-refractivity contribution in [2.24, 2.45) is 5.92 Å². The lowest BCUT2D eigenvalue weighted by molar-refractivity contribution is 0.385. The van der Waals surface area contributed by atoms with Gasteiger partial charge in [0.05, 0.1) is 0 Å². The summed E-state index contributed by atoms with van der Waals surface area (Å²) in [7, 11) is 0. The minimum absolute atomic E-state index is 0.111. The second-order valence-corrected chi connectivity index (χ2v) is 4.27. The van der Waals surface area contributed by atoms with Crippen LogP contribution in [-0.4, -0.2) is 4.75 Å². The first kappa shape index (κ1) is 8.92. The zero-order valence-electron chi connectivity index (χ0n) is 6.92. The maximum atomic E-state index is 4.58. The molecule has 1 heteroatoms. The van der Waals surface area contributed by atoms with Crippen LogP contribution < -0.4 is 0 Å². The first-order valence-corrected chi connectivity index (χ1v) is 4.63. The van der Waals surface area contributed by atoms with Gasteiger partial charge in [-0.1, -0.05) is 12.2 Å². The third-order valence-electron chi connectivity index (χ3n) is 2.61. The summed E-state index contributed by atoms with van der Waals surface area (Å²) in [5.41, 5.74) is 0. The van der Waals surface area contributed by atoms with Gasteiger partial charge in [0.1, 0.15) is 0 Å². The van der Waals surface area contributed by atoms with E-state index in [1.807, 2.05) is 6.08 Å². The van der Waals surface area contributed by atoms with Crippen LogP contribution in [0.5, 0.6) is 0 Å². The van der Waals surface area contributed by atoms with Gasteiger partial charge in [0, 0.05) is 4.75 Å². The summed E-state index contributed by atoms with van der Waals surface area (Å²) in [5.74, 6) is 0.718. The van der Waals surface area contributed by atoms with Crippen LogP contribution in [0.3, 0.4) is 0 Å². The van der Waals surface area contributed by atoms with Gasteiger partial charge < -0.3 is 0 Å². The minimum Gasteiger partial charge on any atom is -0.168 e. The van der Waals surface area contributed by atoms with E-state index in [-0.39, 0.29) is 4.75 Å². The Balaban J connectivity index is 2.46. The first-order valence-electron chi connectivity index (χ1n) is 4.19. The number of thiol groups is 1. The molecule has 0 heterocycles. The summed E-state index contributed by atoms with van der Waals surface area (Å²) in [6.45, 7) is 7.61. The van der Waals surface area contributed by atoms with Crippen LogP contribution in [0.25, 0.3) is 0 Å². The molecule has 1 saturated carbocycles. The van der Waals surface area contributed by atoms with E-state index in [0.717, 1.165) is 18.8 Å². The van der Waals surface area contributed by atoms with Gasteiger partial charge in [-0.3, -0.25) is 0 Å². The van der Waals surface area contributed by atoms with Gasteiger partial charge in [0.25, 0.3) is 0 Å². The molecule has 0 N–H and O–H groups in total. The Kier molecular flexibility index (Phi) is 2.83. The van der Waals surface area contributed by atoms with Crippen LogP contribution in [0.1, 0.15) is 25.7 Å². The third-order valence-corrected chi connectivity index (χ3v) is 3.24. The van der Waals surface area contributed by atoms with E-state index in [4.69, 9.17) is 0 Å². The van der Waals surface area contributed by atoms with Crippen LogP contribution in [0.4, 0.5) is 0 Å². The normalized spacial score (nSPS) is 38.1. The number of allylic oxidation sites excluding steroid dienone is 1. The van der Waals surface area contributed by atoms with Gasteiger partial charge >= 0.3 is 0 Å². The van der Waals surface area contributed by atoms with Crippen molar-refractivity contribution in [1.29, 1.82) is 0 Å². The summed E-state index contributed by atoms with van der Waals surface area (Å²) in [6, 6.07) is 0. The third kappa shape index (κ3) is 2.13. The van der Waals surface area contributed by atoms with E-state index in [1.54, 1.807) is 0 Å². The summed E-state index contributed by atoms with van der Waals surface area (Å²) < 4.78 is 0.111. The molecule has 0 aromatic carbocycles. The zero-order chi connectivity index (χ0) is 8.32. The van der Waals surface area contributed by atoms with E-state index in [9.17, 15) is 0 Å². The fourth-order valence-electron chi connectivity index (χ4n) is 1.58. The topological polar surface area (TPSA) is 0 Å². The first-order chi connectivity index (χ1) is 5.20. The molecule has 0 radical (unpaired) electrons. The molecule has 0 spiro atoms. The van der Waals surface area contributed by atoms with Gasteiger partial charge in [-0.05, 0) is 31.6 Å². The SMILES string of the molecule is C=CC1CCC(S)(C=C)CC1. The molecular formula is C10H16S. The molecule has 0 aromatic rings. The monoisotopic (exact) mass is 168 g/mol. The highest BCUT2D eigenvalue weighted by Crippen LogP contribution is 2.37. The summed E-state index contributed by atoms with van der Waals surface area (Å²) in [4.78, 5) is 0. The molecule has 11 heavy (non-hydrogen) atoms. The van der Waals surface area contributed by atoms with E-state index < -0.39 is 0 Å². The number of hydrogen-bond acceptors (Lipinski definition) is 1. The highest BCUT2D eigenvalue weighted by atomic mass is 32.1. The maximum absolute atomic E-state index is 4.58. The average molecular weight is 168 g/mol. The highest BCUT2D eigenvalue weighted by molar-refractivity contribution is 7.82. The molecule has 62 valence electrons. The van der Waals surface area contributed by atoms with Gasteiger partial charge in [0.2, 0.25) is 0 Å². The van der Waals surface area contributed by atoms with E-state index in [0.29, 0.717) is 0 Å². The summed E-state index contributed by atoms with van der Waals surface area (Å²) >= 11 is 4.58. The highest BCUT2D eigenvalue weighted by Gasteiger charge is 2.27. The van der Waals surface area contributed by atoms with Crippen molar-refractivity contribution in [2.75, 3.05) is 0 Å². The minimum atomic E-state index is 0.111. The Morgan fingerprint density at radius 2 is 1.82 bits per heavy atom. The largest absolute Gasteiger partial charge is 0.168 e. The molecule has 1 rings (SSSR count). The van der Waals surface area contributed by atoms with Crippen LogP contribution in [-0.2, 0) is 0 Å². The molecule has 1 aliphatic rings. The maximum Gasteiger partial charge on any atom is 0.0306 e. The summed E-state index contributed by atoms with van der Waals surface area (Å²) in [6.07, 6.45) is 8.79. The van der Waals surface area contributed by atoms with E-state index in [1.165, 1.54) is 12.8 Å². The molecular weight excluding hydrogens is 152 g/mol. The Morgan fingerprint density at radius 1 is 1.27 bits per heavy atom. The number of rotatable bonds is 2. The van der Waals surface area contributed by atoms with Gasteiger partial charge in [0.15, 0.2) is 0 Å². The van der Waals surface area contributed by atoms with Gasteiger partial charge in [-0.15, -0.1) is 13.2 Å². The van der Waals surface area contributed by atoms with Crippen molar-refractivity contribution >= 4 is 12.6 Å². The lowest BCUT2D eigenvalue weighted by Crippen LogP contribution is -2.25. The molecule has 1 fully saturated rings. The lowest BCUT2D eigenvalue weighted by Gasteiger charge is -2.32. The smallest absolute Gasteiger partial charge is 0.0306 e. The molecule has 0 atom stereocenters. The van der Waals surface area contributed by atoms with E-state index >= 15 is 0 Å². The van der Waals surface area contributed by atoms with Crippen molar-refractivity contribution in [3.8, 4) is 0 Å². The second kappa shape index (κ2) is 3.48. The molecule has 0 unspecified atom stereocenters. The molecule has 0 nitrogen and oxygen atoms in total. The predicted molar refractivity (Wildman–Crippen MR) is 54.1 cm³/mol. The van der Waals surface area contributed by atoms with Gasteiger partial charge in [-0.25, -0.2) is 0 Å². The predicted octanol–water partition coefficient (Wildman–Crippen LogP) is 3.22. The Labute approximate surface area is 74.8 Å². The molecule has 0 aromatic heterocycles. The van der Waals surface area contributed by atoms with Crippen molar-refractivity contribution in [2.45, 2.75) is 30.4 Å². The van der Waals surface area contributed by atoms with Crippen molar-refractivity contribution in [3.05, 3.63) is 25.3 Å². The fraction of sp³-hybridized carbons (Fsp3) is 0.600. The van der Waals surface area contributed by atoms with Crippen molar-refractivity contribution in [3.63, 3.8) is 0 Å². The molecule has 0 bridgehead atoms. The standard InChI is InChI=1S/C10H16S/c1-3-9-5-7-10(11,4-2)8-6-9/h3-4,9,11H,1-2,5-8H2. The average Bonchev–Trinajstić information content (AvgIpc) is 2.06. The van der Waals surface area contributed by atoms with Crippen LogP contribution >= 0.6 is 12.6 Å². The quantitative estimate of drug-likeness (QED) is 0.475. The molecule has 1 aliphatic carbocycles. The summed E-state index contributed by atoms with van der Waals surface area (Å²) in [5, 5.41) is 0. The van der Waals surface area contributed by atoms with Crippen LogP contribution in [0, 0.1) is 5.92 Å². The zero-order valence-corrected chi connectivity index (χ0v) is 7.82. The fourth-order valence-corrected chi connectivity index (χ4v) is 1.84. The van der Waals surface area contributed by atoms with Gasteiger partial charge in [-0.2, -0.15) is 12.6 Å². The van der Waals surface area contributed by atoms with Crippen molar-refractivity contribution < 1.29 is 0 Å². The number of hydrogen-bond donors (Lipinski definition) is 1. The Hall–Kier alpha value is -0.170.